The number of hydrogen-bond donors (Lipinski definition) is 1. The fraction of sp³-hybridized carbons (Fsp3) is 0.417. The molecule has 0 spiro atoms. The Kier molecular flexibility index (Phi) is 3.18. The van der Waals surface area contributed by atoms with E-state index >= 15 is 0 Å². The minimum absolute atomic E-state index is 0.629. The highest BCUT2D eigenvalue weighted by atomic mass is 16.5. The predicted octanol–water partition coefficient (Wildman–Crippen LogP) is 1.11. The number of ether oxygens (including phenoxy) is 1. The highest BCUT2D eigenvalue weighted by molar-refractivity contribution is 5.48. The Morgan fingerprint density at radius 1 is 1.33 bits per heavy atom. The maximum Gasteiger partial charge on any atom is 0.143 e. The molecule has 1 aromatic heterocycles. The van der Waals surface area contributed by atoms with Gasteiger partial charge in [-0.25, -0.2) is 4.68 Å². The summed E-state index contributed by atoms with van der Waals surface area (Å²) in [5, 5.41) is 14.5. The summed E-state index contributed by atoms with van der Waals surface area (Å²) in [6, 6.07) is 8.05. The van der Waals surface area contributed by atoms with Crippen LogP contribution in [0.4, 0.5) is 5.69 Å². The standard InChI is InChI=1S/C12H15N5O/c1-3-12(17-9-14-15-16-17)4-2-11(1)13-7-10-5-6-18-8-10/h1-4,9-10,13H,5-8H2. The fourth-order valence-corrected chi connectivity index (χ4v) is 2.02. The van der Waals surface area contributed by atoms with Crippen LogP contribution in [0.3, 0.4) is 0 Å². The molecule has 6 nitrogen and oxygen atoms in total. The molecule has 6 heteroatoms. The third-order valence-electron chi connectivity index (χ3n) is 3.10. The molecule has 1 fully saturated rings. The van der Waals surface area contributed by atoms with Gasteiger partial charge < -0.3 is 10.1 Å². The Bertz CT molecular complexity index is 476. The van der Waals surface area contributed by atoms with Crippen LogP contribution < -0.4 is 5.32 Å². The number of anilines is 1. The molecule has 1 aromatic carbocycles. The molecule has 1 unspecified atom stereocenters. The average Bonchev–Trinajstić information content (AvgIpc) is 3.10. The van der Waals surface area contributed by atoms with E-state index in [0.717, 1.165) is 37.6 Å². The Morgan fingerprint density at radius 2 is 2.22 bits per heavy atom. The van der Waals surface area contributed by atoms with Crippen LogP contribution in [0.1, 0.15) is 6.42 Å². The van der Waals surface area contributed by atoms with Crippen molar-refractivity contribution in [2.75, 3.05) is 25.1 Å². The van der Waals surface area contributed by atoms with Gasteiger partial charge >= 0.3 is 0 Å². The third-order valence-corrected chi connectivity index (χ3v) is 3.10. The monoisotopic (exact) mass is 245 g/mol. The van der Waals surface area contributed by atoms with Gasteiger partial charge in [-0.3, -0.25) is 0 Å². The normalized spacial score (nSPS) is 19.0. The maximum absolute atomic E-state index is 5.35. The van der Waals surface area contributed by atoms with Crippen LogP contribution >= 0.6 is 0 Å². The molecular formula is C12H15N5O. The van der Waals surface area contributed by atoms with Crippen molar-refractivity contribution in [3.05, 3.63) is 30.6 Å². The van der Waals surface area contributed by atoms with E-state index in [2.05, 4.69) is 20.8 Å². The van der Waals surface area contributed by atoms with Gasteiger partial charge in [-0.15, -0.1) is 5.10 Å². The lowest BCUT2D eigenvalue weighted by Crippen LogP contribution is -2.13. The molecule has 94 valence electrons. The summed E-state index contributed by atoms with van der Waals surface area (Å²) < 4.78 is 6.98. The van der Waals surface area contributed by atoms with Crippen molar-refractivity contribution in [3.8, 4) is 5.69 Å². The number of nitrogens with zero attached hydrogens (tertiary/aromatic N) is 4. The number of tetrazole rings is 1. The zero-order valence-corrected chi connectivity index (χ0v) is 9.99. The number of rotatable bonds is 4. The quantitative estimate of drug-likeness (QED) is 0.874. The van der Waals surface area contributed by atoms with Crippen molar-refractivity contribution in [2.45, 2.75) is 6.42 Å². The molecule has 0 radical (unpaired) electrons. The minimum Gasteiger partial charge on any atom is -0.385 e. The van der Waals surface area contributed by atoms with Crippen molar-refractivity contribution in [3.63, 3.8) is 0 Å². The van der Waals surface area contributed by atoms with Gasteiger partial charge in [0.25, 0.3) is 0 Å². The van der Waals surface area contributed by atoms with E-state index in [4.69, 9.17) is 4.74 Å². The largest absolute Gasteiger partial charge is 0.385 e. The van der Waals surface area contributed by atoms with Crippen molar-refractivity contribution in [1.82, 2.24) is 20.2 Å². The van der Waals surface area contributed by atoms with Gasteiger partial charge in [0, 0.05) is 24.8 Å². The lowest BCUT2D eigenvalue weighted by molar-refractivity contribution is 0.187. The SMILES string of the molecule is c1cc(-n2cnnn2)ccc1NCC1CCOC1. The third kappa shape index (κ3) is 2.48. The molecule has 2 aromatic rings. The number of benzene rings is 1. The van der Waals surface area contributed by atoms with Crippen molar-refractivity contribution in [1.29, 1.82) is 0 Å². The van der Waals surface area contributed by atoms with E-state index in [1.165, 1.54) is 0 Å². The molecule has 3 rings (SSSR count). The van der Waals surface area contributed by atoms with E-state index in [0.29, 0.717) is 5.92 Å². The molecule has 0 amide bonds. The molecule has 2 heterocycles. The van der Waals surface area contributed by atoms with Crippen LogP contribution in [0.25, 0.3) is 5.69 Å². The smallest absolute Gasteiger partial charge is 0.143 e. The van der Waals surface area contributed by atoms with E-state index in [1.807, 2.05) is 24.3 Å². The van der Waals surface area contributed by atoms with Crippen LogP contribution in [-0.2, 0) is 4.74 Å². The van der Waals surface area contributed by atoms with Crippen molar-refractivity contribution < 1.29 is 4.74 Å². The molecule has 0 saturated carbocycles. The summed E-state index contributed by atoms with van der Waals surface area (Å²) in [5.41, 5.74) is 2.06. The molecule has 1 atom stereocenters. The van der Waals surface area contributed by atoms with Crippen molar-refractivity contribution >= 4 is 5.69 Å². The second-order valence-electron chi connectivity index (χ2n) is 4.41. The first kappa shape index (κ1) is 11.2. The molecule has 1 aliphatic rings. The molecule has 0 bridgehead atoms. The van der Waals surface area contributed by atoms with Gasteiger partial charge in [-0.05, 0) is 41.1 Å². The summed E-state index contributed by atoms with van der Waals surface area (Å²) in [6.45, 7) is 2.73. The van der Waals surface area contributed by atoms with Gasteiger partial charge in [-0.2, -0.15) is 0 Å². The Balaban J connectivity index is 1.60. The molecule has 1 aliphatic heterocycles. The lowest BCUT2D eigenvalue weighted by Gasteiger charge is -2.11. The molecule has 1 saturated heterocycles. The van der Waals surface area contributed by atoms with E-state index in [-0.39, 0.29) is 0 Å². The molecule has 1 N–H and O–H groups in total. The number of aromatic nitrogens is 4. The van der Waals surface area contributed by atoms with Gasteiger partial charge in [-0.1, -0.05) is 0 Å². The summed E-state index contributed by atoms with van der Waals surface area (Å²) >= 11 is 0. The van der Waals surface area contributed by atoms with E-state index in [9.17, 15) is 0 Å². The molecule has 0 aliphatic carbocycles. The predicted molar refractivity (Wildman–Crippen MR) is 66.6 cm³/mol. The first-order chi connectivity index (χ1) is 8.92. The highest BCUT2D eigenvalue weighted by Crippen LogP contribution is 2.15. The summed E-state index contributed by atoms with van der Waals surface area (Å²) in [5.74, 6) is 0.629. The van der Waals surface area contributed by atoms with Crippen LogP contribution in [0, 0.1) is 5.92 Å². The zero-order chi connectivity index (χ0) is 12.2. The van der Waals surface area contributed by atoms with E-state index < -0.39 is 0 Å². The van der Waals surface area contributed by atoms with Crippen LogP contribution in [0.15, 0.2) is 30.6 Å². The summed E-state index contributed by atoms with van der Waals surface area (Å²) in [7, 11) is 0. The Hall–Kier alpha value is -1.95. The van der Waals surface area contributed by atoms with Gasteiger partial charge in [0.1, 0.15) is 6.33 Å². The fourth-order valence-electron chi connectivity index (χ4n) is 2.02. The Labute approximate surface area is 105 Å². The zero-order valence-electron chi connectivity index (χ0n) is 9.99. The average molecular weight is 245 g/mol. The lowest BCUT2D eigenvalue weighted by atomic mass is 10.1. The molecule has 18 heavy (non-hydrogen) atoms. The van der Waals surface area contributed by atoms with Gasteiger partial charge in [0.2, 0.25) is 0 Å². The summed E-state index contributed by atoms with van der Waals surface area (Å²) in [4.78, 5) is 0. The summed E-state index contributed by atoms with van der Waals surface area (Å²) in [6.07, 6.45) is 2.73. The van der Waals surface area contributed by atoms with Crippen molar-refractivity contribution in [2.24, 2.45) is 5.92 Å². The first-order valence-corrected chi connectivity index (χ1v) is 6.07. The number of nitrogens with one attached hydrogen (secondary N) is 1. The van der Waals surface area contributed by atoms with Gasteiger partial charge in [0.05, 0.1) is 12.3 Å². The topological polar surface area (TPSA) is 64.9 Å². The van der Waals surface area contributed by atoms with Gasteiger partial charge in [0.15, 0.2) is 0 Å². The first-order valence-electron chi connectivity index (χ1n) is 6.07. The second kappa shape index (κ2) is 5.14. The molecular weight excluding hydrogens is 230 g/mol. The van der Waals surface area contributed by atoms with E-state index in [1.54, 1.807) is 11.0 Å². The maximum atomic E-state index is 5.35. The second-order valence-corrected chi connectivity index (χ2v) is 4.41. The van der Waals surface area contributed by atoms with Crippen LogP contribution in [0.5, 0.6) is 0 Å². The Morgan fingerprint density at radius 3 is 2.89 bits per heavy atom. The van der Waals surface area contributed by atoms with Crippen LogP contribution in [0.2, 0.25) is 0 Å². The number of hydrogen-bond acceptors (Lipinski definition) is 5. The highest BCUT2D eigenvalue weighted by Gasteiger charge is 2.14. The van der Waals surface area contributed by atoms with Crippen LogP contribution in [-0.4, -0.2) is 40.0 Å². The minimum atomic E-state index is 0.629.